The fraction of sp³-hybridized carbons (Fsp3) is 0.909. The van der Waals surface area contributed by atoms with Gasteiger partial charge in [-0.15, -0.1) is 0 Å². The Bertz CT molecular complexity index is 256. The number of nitrogens with zero attached hydrogens (tertiary/aromatic N) is 1. The van der Waals surface area contributed by atoms with E-state index in [9.17, 15) is 4.79 Å². The minimum Gasteiger partial charge on any atom is -0.465 e. The Morgan fingerprint density at radius 3 is 2.40 bits per heavy atom. The van der Waals surface area contributed by atoms with Crippen LogP contribution in [0.3, 0.4) is 0 Å². The first-order chi connectivity index (χ1) is 6.67. The number of hydrogen-bond acceptors (Lipinski definition) is 2. The van der Waals surface area contributed by atoms with Crippen molar-refractivity contribution in [2.75, 3.05) is 13.1 Å². The fourth-order valence-electron chi connectivity index (χ4n) is 2.72. The van der Waals surface area contributed by atoms with Gasteiger partial charge < -0.3 is 15.3 Å². The van der Waals surface area contributed by atoms with Crippen LogP contribution in [-0.2, 0) is 0 Å². The second-order valence-corrected chi connectivity index (χ2v) is 5.84. The lowest BCUT2D eigenvalue weighted by atomic mass is 9.74. The standard InChI is InChI=1S/C11H22N2O2/c1-10(2,3)8-11(4,5)13(9(14)15)7-6-12-8/h8,12H,6-7H2,1-5H3,(H,14,15). The van der Waals surface area contributed by atoms with Crippen molar-refractivity contribution in [3.63, 3.8) is 0 Å². The van der Waals surface area contributed by atoms with Crippen LogP contribution < -0.4 is 5.32 Å². The molecule has 0 saturated carbocycles. The van der Waals surface area contributed by atoms with E-state index in [0.717, 1.165) is 6.54 Å². The number of amides is 1. The van der Waals surface area contributed by atoms with Crippen molar-refractivity contribution in [1.82, 2.24) is 10.2 Å². The molecule has 15 heavy (non-hydrogen) atoms. The molecule has 1 aliphatic rings. The minimum atomic E-state index is -0.823. The normalized spacial score (nSPS) is 26.5. The first-order valence-electron chi connectivity index (χ1n) is 5.41. The van der Waals surface area contributed by atoms with E-state index < -0.39 is 6.09 Å². The Hall–Kier alpha value is -0.770. The second kappa shape index (κ2) is 3.67. The number of carbonyl (C=O) groups is 1. The molecule has 0 aromatic heterocycles. The maximum atomic E-state index is 11.1. The van der Waals surface area contributed by atoms with Crippen molar-refractivity contribution in [3.8, 4) is 0 Å². The smallest absolute Gasteiger partial charge is 0.407 e. The highest BCUT2D eigenvalue weighted by Gasteiger charge is 2.46. The summed E-state index contributed by atoms with van der Waals surface area (Å²) in [6.07, 6.45) is -0.823. The quantitative estimate of drug-likeness (QED) is 0.646. The Kier molecular flexibility index (Phi) is 3.01. The summed E-state index contributed by atoms with van der Waals surface area (Å²) in [5.74, 6) is 0. The van der Waals surface area contributed by atoms with Gasteiger partial charge in [0.25, 0.3) is 0 Å². The molecular weight excluding hydrogens is 192 g/mol. The molecule has 1 rings (SSSR count). The van der Waals surface area contributed by atoms with E-state index >= 15 is 0 Å². The molecule has 0 bridgehead atoms. The molecule has 0 radical (unpaired) electrons. The summed E-state index contributed by atoms with van der Waals surface area (Å²) in [4.78, 5) is 12.7. The number of hydrogen-bond donors (Lipinski definition) is 2. The molecule has 4 nitrogen and oxygen atoms in total. The van der Waals surface area contributed by atoms with Crippen LogP contribution in [0.25, 0.3) is 0 Å². The molecule has 4 heteroatoms. The van der Waals surface area contributed by atoms with Crippen LogP contribution in [0.1, 0.15) is 34.6 Å². The minimum absolute atomic E-state index is 0.0532. The van der Waals surface area contributed by atoms with E-state index in [-0.39, 0.29) is 17.0 Å². The van der Waals surface area contributed by atoms with Gasteiger partial charge >= 0.3 is 6.09 Å². The summed E-state index contributed by atoms with van der Waals surface area (Å²) in [7, 11) is 0. The van der Waals surface area contributed by atoms with E-state index in [1.165, 1.54) is 0 Å². The largest absolute Gasteiger partial charge is 0.465 e. The molecule has 0 spiro atoms. The van der Waals surface area contributed by atoms with E-state index in [1.807, 2.05) is 13.8 Å². The molecule has 1 heterocycles. The van der Waals surface area contributed by atoms with Gasteiger partial charge in [-0.2, -0.15) is 0 Å². The second-order valence-electron chi connectivity index (χ2n) is 5.84. The van der Waals surface area contributed by atoms with Crippen molar-refractivity contribution in [3.05, 3.63) is 0 Å². The summed E-state index contributed by atoms with van der Waals surface area (Å²) >= 11 is 0. The fourth-order valence-corrected chi connectivity index (χ4v) is 2.72. The van der Waals surface area contributed by atoms with Gasteiger partial charge in [0.05, 0.1) is 5.54 Å². The van der Waals surface area contributed by atoms with Gasteiger partial charge in [-0.05, 0) is 19.3 Å². The third-order valence-electron chi connectivity index (χ3n) is 3.18. The van der Waals surface area contributed by atoms with Crippen LogP contribution >= 0.6 is 0 Å². The molecule has 0 aliphatic carbocycles. The van der Waals surface area contributed by atoms with Crippen molar-refractivity contribution < 1.29 is 9.90 Å². The molecule has 1 aliphatic heterocycles. The summed E-state index contributed by atoms with van der Waals surface area (Å²) in [5.41, 5.74) is -0.306. The Morgan fingerprint density at radius 2 is 2.00 bits per heavy atom. The third kappa shape index (κ3) is 2.25. The van der Waals surface area contributed by atoms with E-state index in [4.69, 9.17) is 5.11 Å². The molecule has 1 unspecified atom stereocenters. The van der Waals surface area contributed by atoms with Crippen LogP contribution in [0.2, 0.25) is 0 Å². The predicted molar refractivity (Wildman–Crippen MR) is 60.1 cm³/mol. The molecule has 0 aromatic carbocycles. The number of nitrogens with one attached hydrogen (secondary N) is 1. The van der Waals surface area contributed by atoms with Crippen LogP contribution in [0.4, 0.5) is 4.79 Å². The van der Waals surface area contributed by atoms with Crippen molar-refractivity contribution in [2.45, 2.75) is 46.2 Å². The van der Waals surface area contributed by atoms with Crippen LogP contribution in [0.5, 0.6) is 0 Å². The van der Waals surface area contributed by atoms with Gasteiger partial charge in [0.2, 0.25) is 0 Å². The van der Waals surface area contributed by atoms with Crippen LogP contribution in [0, 0.1) is 5.41 Å². The van der Waals surface area contributed by atoms with E-state index in [1.54, 1.807) is 4.90 Å². The number of rotatable bonds is 0. The van der Waals surface area contributed by atoms with Gasteiger partial charge in [-0.25, -0.2) is 4.79 Å². The first kappa shape index (κ1) is 12.3. The predicted octanol–water partition coefficient (Wildman–Crippen LogP) is 1.76. The molecule has 1 saturated heterocycles. The molecular formula is C11H22N2O2. The van der Waals surface area contributed by atoms with Crippen LogP contribution in [0.15, 0.2) is 0 Å². The van der Waals surface area contributed by atoms with Crippen molar-refractivity contribution in [2.24, 2.45) is 5.41 Å². The summed E-state index contributed by atoms with van der Waals surface area (Å²) < 4.78 is 0. The summed E-state index contributed by atoms with van der Waals surface area (Å²) in [6.45, 7) is 11.7. The molecule has 0 aromatic rings. The maximum Gasteiger partial charge on any atom is 0.407 e. The van der Waals surface area contributed by atoms with E-state index in [0.29, 0.717) is 6.54 Å². The molecule has 1 amide bonds. The van der Waals surface area contributed by atoms with Gasteiger partial charge in [-0.3, -0.25) is 0 Å². The lowest BCUT2D eigenvalue weighted by Crippen LogP contribution is -2.69. The van der Waals surface area contributed by atoms with Gasteiger partial charge in [-0.1, -0.05) is 20.8 Å². The van der Waals surface area contributed by atoms with Gasteiger partial charge in [0.15, 0.2) is 0 Å². The summed E-state index contributed by atoms with van der Waals surface area (Å²) in [5, 5.41) is 12.6. The van der Waals surface area contributed by atoms with Crippen molar-refractivity contribution >= 4 is 6.09 Å². The SMILES string of the molecule is CC(C)(C)C1NCCN(C(=O)O)C1(C)C. The highest BCUT2D eigenvalue weighted by molar-refractivity contribution is 5.66. The topological polar surface area (TPSA) is 52.6 Å². The maximum absolute atomic E-state index is 11.1. The molecule has 1 atom stereocenters. The van der Waals surface area contributed by atoms with Crippen LogP contribution in [-0.4, -0.2) is 40.8 Å². The molecule has 1 fully saturated rings. The average Bonchev–Trinajstić information content (AvgIpc) is 1.99. The Morgan fingerprint density at radius 1 is 1.47 bits per heavy atom. The highest BCUT2D eigenvalue weighted by Crippen LogP contribution is 2.33. The zero-order chi connectivity index (χ0) is 11.9. The zero-order valence-electron chi connectivity index (χ0n) is 10.3. The average molecular weight is 214 g/mol. The molecule has 2 N–H and O–H groups in total. The number of piperazine rings is 1. The molecule has 88 valence electrons. The lowest BCUT2D eigenvalue weighted by Gasteiger charge is -2.52. The van der Waals surface area contributed by atoms with Gasteiger partial charge in [0.1, 0.15) is 0 Å². The summed E-state index contributed by atoms with van der Waals surface area (Å²) in [6, 6.07) is 0.176. The van der Waals surface area contributed by atoms with Gasteiger partial charge in [0, 0.05) is 19.1 Å². The third-order valence-corrected chi connectivity index (χ3v) is 3.18. The zero-order valence-corrected chi connectivity index (χ0v) is 10.3. The van der Waals surface area contributed by atoms with E-state index in [2.05, 4.69) is 26.1 Å². The van der Waals surface area contributed by atoms with Crippen molar-refractivity contribution in [1.29, 1.82) is 0 Å². The Labute approximate surface area is 91.6 Å². The Balaban J connectivity index is 2.97. The monoisotopic (exact) mass is 214 g/mol. The highest BCUT2D eigenvalue weighted by atomic mass is 16.4. The number of carboxylic acid groups (broad SMARTS) is 1. The lowest BCUT2D eigenvalue weighted by molar-refractivity contribution is 0.0130. The first-order valence-corrected chi connectivity index (χ1v) is 5.41.